The van der Waals surface area contributed by atoms with E-state index in [4.69, 9.17) is 11.6 Å². The Morgan fingerprint density at radius 1 is 1.35 bits per heavy atom. The zero-order chi connectivity index (χ0) is 14.5. The van der Waals surface area contributed by atoms with Crippen LogP contribution >= 0.6 is 11.6 Å². The van der Waals surface area contributed by atoms with Gasteiger partial charge in [0.15, 0.2) is 0 Å². The molecule has 0 aromatic heterocycles. The number of benzene rings is 1. The maximum Gasteiger partial charge on any atom is 0.0928 e. The average molecular weight is 298 g/mol. The fourth-order valence-electron chi connectivity index (χ4n) is 2.56. The van der Waals surface area contributed by atoms with E-state index in [0.717, 1.165) is 31.7 Å². The highest BCUT2D eigenvalue weighted by atomic mass is 35.5. The Bertz CT molecular complexity index is 429. The molecule has 0 aliphatic carbocycles. The molecule has 0 bridgehead atoms. The normalized spacial score (nSPS) is 22.9. The van der Waals surface area contributed by atoms with Crippen molar-refractivity contribution in [3.8, 4) is 0 Å². The number of nitrogens with zero attached hydrogens (tertiary/aromatic N) is 2. The monoisotopic (exact) mass is 297 g/mol. The molecule has 2 unspecified atom stereocenters. The van der Waals surface area contributed by atoms with Gasteiger partial charge in [-0.25, -0.2) is 0 Å². The summed E-state index contributed by atoms with van der Waals surface area (Å²) in [4.78, 5) is 4.71. The van der Waals surface area contributed by atoms with E-state index in [1.165, 1.54) is 0 Å². The van der Waals surface area contributed by atoms with Crippen LogP contribution in [0.15, 0.2) is 24.3 Å². The molecule has 0 radical (unpaired) electrons. The van der Waals surface area contributed by atoms with Crippen LogP contribution in [0.3, 0.4) is 0 Å². The van der Waals surface area contributed by atoms with E-state index in [2.05, 4.69) is 29.2 Å². The summed E-state index contributed by atoms with van der Waals surface area (Å²) < 4.78 is 0. The van der Waals surface area contributed by atoms with Crippen LogP contribution in [-0.2, 0) is 0 Å². The zero-order valence-corrected chi connectivity index (χ0v) is 13.0. The Labute approximate surface area is 126 Å². The number of nitrogens with one attached hydrogen (secondary N) is 1. The van der Waals surface area contributed by atoms with E-state index in [9.17, 15) is 5.11 Å². The molecule has 0 saturated carbocycles. The SMILES string of the molecule is CN1CCN(C)C(CNCC(O)c2ccccc2Cl)C1. The van der Waals surface area contributed by atoms with Gasteiger partial charge in [-0.2, -0.15) is 0 Å². The maximum atomic E-state index is 10.2. The Morgan fingerprint density at radius 2 is 2.10 bits per heavy atom. The van der Waals surface area contributed by atoms with Crippen LogP contribution in [0, 0.1) is 0 Å². The summed E-state index contributed by atoms with van der Waals surface area (Å²) >= 11 is 6.09. The third-order valence-electron chi connectivity index (χ3n) is 3.96. The molecule has 112 valence electrons. The number of likely N-dealkylation sites (N-methyl/N-ethyl adjacent to an activating group) is 2. The first-order valence-electron chi connectivity index (χ1n) is 7.10. The van der Waals surface area contributed by atoms with Crippen molar-refractivity contribution < 1.29 is 5.11 Å². The lowest BCUT2D eigenvalue weighted by atomic mass is 10.1. The van der Waals surface area contributed by atoms with Gasteiger partial charge in [-0.05, 0) is 20.2 Å². The van der Waals surface area contributed by atoms with E-state index in [1.54, 1.807) is 0 Å². The summed E-state index contributed by atoms with van der Waals surface area (Å²) in [5, 5.41) is 14.2. The van der Waals surface area contributed by atoms with Gasteiger partial charge in [0, 0.05) is 49.4 Å². The molecule has 4 nitrogen and oxygen atoms in total. The quantitative estimate of drug-likeness (QED) is 0.857. The lowest BCUT2D eigenvalue weighted by molar-refractivity contribution is 0.108. The van der Waals surface area contributed by atoms with Crippen LogP contribution in [0.4, 0.5) is 0 Å². The lowest BCUT2D eigenvalue weighted by Gasteiger charge is -2.38. The minimum absolute atomic E-state index is 0.493. The van der Waals surface area contributed by atoms with Gasteiger partial charge in [-0.1, -0.05) is 29.8 Å². The van der Waals surface area contributed by atoms with Crippen molar-refractivity contribution in [2.75, 3.05) is 46.8 Å². The van der Waals surface area contributed by atoms with E-state index >= 15 is 0 Å². The summed E-state index contributed by atoms with van der Waals surface area (Å²) in [5.74, 6) is 0. The van der Waals surface area contributed by atoms with Gasteiger partial charge in [-0.3, -0.25) is 4.90 Å². The second-order valence-corrected chi connectivity index (χ2v) is 6.00. The van der Waals surface area contributed by atoms with Crippen molar-refractivity contribution in [1.29, 1.82) is 0 Å². The number of aliphatic hydroxyl groups is 1. The molecule has 1 saturated heterocycles. The van der Waals surface area contributed by atoms with Crippen molar-refractivity contribution in [1.82, 2.24) is 15.1 Å². The molecule has 1 fully saturated rings. The van der Waals surface area contributed by atoms with Gasteiger partial charge < -0.3 is 15.3 Å². The Kier molecular flexibility index (Phi) is 5.81. The summed E-state index contributed by atoms with van der Waals surface area (Å²) in [6.07, 6.45) is -0.560. The molecule has 1 aliphatic rings. The first-order chi connectivity index (χ1) is 9.58. The second kappa shape index (κ2) is 7.38. The first-order valence-corrected chi connectivity index (χ1v) is 7.47. The van der Waals surface area contributed by atoms with Crippen molar-refractivity contribution >= 4 is 11.6 Å². The summed E-state index contributed by atoms with van der Waals surface area (Å²) in [5.41, 5.74) is 0.788. The van der Waals surface area contributed by atoms with Gasteiger partial charge in [0.25, 0.3) is 0 Å². The molecule has 1 aliphatic heterocycles. The van der Waals surface area contributed by atoms with Crippen LogP contribution in [0.25, 0.3) is 0 Å². The van der Waals surface area contributed by atoms with Gasteiger partial charge in [0.2, 0.25) is 0 Å². The predicted octanol–water partition coefficient (Wildman–Crippen LogP) is 1.21. The van der Waals surface area contributed by atoms with Crippen molar-refractivity contribution in [2.45, 2.75) is 12.1 Å². The van der Waals surface area contributed by atoms with E-state index in [1.807, 2.05) is 24.3 Å². The van der Waals surface area contributed by atoms with Crippen LogP contribution < -0.4 is 5.32 Å². The predicted molar refractivity (Wildman–Crippen MR) is 83.2 cm³/mol. The lowest BCUT2D eigenvalue weighted by Crippen LogP contribution is -2.54. The minimum Gasteiger partial charge on any atom is -0.387 e. The van der Waals surface area contributed by atoms with E-state index < -0.39 is 6.10 Å². The summed E-state index contributed by atoms with van der Waals surface area (Å²) in [6, 6.07) is 7.94. The fraction of sp³-hybridized carbons (Fsp3) is 0.600. The van der Waals surface area contributed by atoms with Crippen LogP contribution in [0.2, 0.25) is 5.02 Å². The van der Waals surface area contributed by atoms with Crippen LogP contribution in [-0.4, -0.2) is 67.8 Å². The summed E-state index contributed by atoms with van der Waals surface area (Å²) in [6.45, 7) is 4.68. The Balaban J connectivity index is 1.79. The summed E-state index contributed by atoms with van der Waals surface area (Å²) in [7, 11) is 4.31. The van der Waals surface area contributed by atoms with E-state index in [0.29, 0.717) is 17.6 Å². The number of rotatable bonds is 5. The number of piperazine rings is 1. The smallest absolute Gasteiger partial charge is 0.0928 e. The van der Waals surface area contributed by atoms with Gasteiger partial charge >= 0.3 is 0 Å². The topological polar surface area (TPSA) is 38.7 Å². The maximum absolute atomic E-state index is 10.2. The largest absolute Gasteiger partial charge is 0.387 e. The third-order valence-corrected chi connectivity index (χ3v) is 4.31. The standard InChI is InChI=1S/C15H24ClN3O/c1-18-7-8-19(2)12(11-18)9-17-10-15(20)13-5-3-4-6-14(13)16/h3-6,12,15,17,20H,7-11H2,1-2H3. The molecule has 2 N–H and O–H groups in total. The number of aliphatic hydroxyl groups excluding tert-OH is 1. The van der Waals surface area contributed by atoms with E-state index in [-0.39, 0.29) is 0 Å². The van der Waals surface area contributed by atoms with Crippen LogP contribution in [0.1, 0.15) is 11.7 Å². The molecule has 5 heteroatoms. The minimum atomic E-state index is -0.560. The average Bonchev–Trinajstić information content (AvgIpc) is 2.43. The van der Waals surface area contributed by atoms with Gasteiger partial charge in [-0.15, -0.1) is 0 Å². The zero-order valence-electron chi connectivity index (χ0n) is 12.2. The molecule has 0 amide bonds. The fourth-order valence-corrected chi connectivity index (χ4v) is 2.83. The molecular formula is C15H24ClN3O. The van der Waals surface area contributed by atoms with Gasteiger partial charge in [0.05, 0.1) is 6.10 Å². The number of halogens is 1. The van der Waals surface area contributed by atoms with Crippen LogP contribution in [0.5, 0.6) is 0 Å². The van der Waals surface area contributed by atoms with Gasteiger partial charge in [0.1, 0.15) is 0 Å². The van der Waals surface area contributed by atoms with Crippen molar-refractivity contribution in [3.63, 3.8) is 0 Å². The molecule has 2 rings (SSSR count). The molecular weight excluding hydrogens is 274 g/mol. The molecule has 1 heterocycles. The van der Waals surface area contributed by atoms with Crippen molar-refractivity contribution in [3.05, 3.63) is 34.9 Å². The highest BCUT2D eigenvalue weighted by Crippen LogP contribution is 2.21. The third kappa shape index (κ3) is 4.17. The molecule has 2 atom stereocenters. The molecule has 0 spiro atoms. The molecule has 20 heavy (non-hydrogen) atoms. The Morgan fingerprint density at radius 3 is 2.85 bits per heavy atom. The highest BCUT2D eigenvalue weighted by Gasteiger charge is 2.22. The van der Waals surface area contributed by atoms with Crippen molar-refractivity contribution in [2.24, 2.45) is 0 Å². The number of hydrogen-bond donors (Lipinski definition) is 2. The Hall–Kier alpha value is -0.650. The molecule has 1 aromatic rings. The number of hydrogen-bond acceptors (Lipinski definition) is 4. The first kappa shape index (κ1) is 15.7. The highest BCUT2D eigenvalue weighted by molar-refractivity contribution is 6.31. The second-order valence-electron chi connectivity index (χ2n) is 5.59. The molecule has 1 aromatic carbocycles.